The Hall–Kier alpha value is -3.54. The van der Waals surface area contributed by atoms with Crippen LogP contribution in [-0.4, -0.2) is 14.9 Å². The first kappa shape index (κ1) is 21.2. The minimum Gasteiger partial charge on any atom is -0.334 e. The fraction of sp³-hybridized carbons (Fsp3) is 0.0588. The lowest BCUT2D eigenvalue weighted by Crippen LogP contribution is -2.08. The van der Waals surface area contributed by atoms with Gasteiger partial charge in [0.15, 0.2) is 0 Å². The SMILES string of the molecule is O=[N+]([O-])c1c(Nc2ccc(Cl)c(C(F)(F)F)c2)ncnc1Nc1ccc(F)cc1F. The third kappa shape index (κ3) is 4.54. The van der Waals surface area contributed by atoms with Crippen molar-refractivity contribution < 1.29 is 26.9 Å². The van der Waals surface area contributed by atoms with Crippen LogP contribution in [0.4, 0.5) is 50.6 Å². The van der Waals surface area contributed by atoms with Crippen LogP contribution in [-0.2, 0) is 6.18 Å². The number of nitrogens with zero attached hydrogens (tertiary/aromatic N) is 3. The maximum atomic E-state index is 13.9. The van der Waals surface area contributed by atoms with Crippen LogP contribution in [0.25, 0.3) is 0 Å². The van der Waals surface area contributed by atoms with Crippen LogP contribution in [0, 0.1) is 21.7 Å². The zero-order valence-corrected chi connectivity index (χ0v) is 15.2. The van der Waals surface area contributed by atoms with Crippen molar-refractivity contribution in [2.45, 2.75) is 6.18 Å². The van der Waals surface area contributed by atoms with E-state index in [2.05, 4.69) is 20.6 Å². The zero-order valence-electron chi connectivity index (χ0n) is 14.5. The molecule has 0 saturated carbocycles. The Kier molecular flexibility index (Phi) is 5.69. The van der Waals surface area contributed by atoms with Gasteiger partial charge in [-0.15, -0.1) is 0 Å². The Bertz CT molecular complexity index is 1130. The van der Waals surface area contributed by atoms with E-state index in [4.69, 9.17) is 11.6 Å². The summed E-state index contributed by atoms with van der Waals surface area (Å²) in [7, 11) is 0. The molecule has 1 heterocycles. The molecular formula is C17H9ClF5N5O2. The van der Waals surface area contributed by atoms with Gasteiger partial charge in [0.1, 0.15) is 18.0 Å². The van der Waals surface area contributed by atoms with E-state index in [-0.39, 0.29) is 11.4 Å². The topological polar surface area (TPSA) is 93.0 Å². The Labute approximate surface area is 169 Å². The van der Waals surface area contributed by atoms with Gasteiger partial charge in [-0.2, -0.15) is 13.2 Å². The Morgan fingerprint density at radius 2 is 1.67 bits per heavy atom. The lowest BCUT2D eigenvalue weighted by atomic mass is 10.2. The van der Waals surface area contributed by atoms with Gasteiger partial charge in [-0.05, 0) is 30.3 Å². The van der Waals surface area contributed by atoms with E-state index in [1.54, 1.807) is 0 Å². The summed E-state index contributed by atoms with van der Waals surface area (Å²) >= 11 is 5.55. The van der Waals surface area contributed by atoms with Gasteiger partial charge >= 0.3 is 11.9 Å². The van der Waals surface area contributed by atoms with E-state index in [0.717, 1.165) is 30.6 Å². The van der Waals surface area contributed by atoms with E-state index in [1.807, 2.05) is 0 Å². The molecule has 0 atom stereocenters. The second-order valence-corrected chi connectivity index (χ2v) is 6.15. The molecule has 0 aliphatic rings. The molecule has 0 aliphatic heterocycles. The summed E-state index contributed by atoms with van der Waals surface area (Å²) in [6.07, 6.45) is -3.88. The minimum absolute atomic E-state index is 0.188. The number of anilines is 4. The van der Waals surface area contributed by atoms with Gasteiger partial charge in [-0.1, -0.05) is 11.6 Å². The molecule has 0 bridgehead atoms. The molecule has 0 fully saturated rings. The van der Waals surface area contributed by atoms with Crippen LogP contribution in [0.1, 0.15) is 5.56 Å². The Balaban J connectivity index is 2.00. The van der Waals surface area contributed by atoms with Gasteiger partial charge < -0.3 is 10.6 Å². The molecule has 7 nitrogen and oxygen atoms in total. The number of nitrogens with one attached hydrogen (secondary N) is 2. The molecule has 156 valence electrons. The first-order chi connectivity index (χ1) is 14.1. The van der Waals surface area contributed by atoms with Crippen LogP contribution in [0.2, 0.25) is 5.02 Å². The van der Waals surface area contributed by atoms with E-state index in [9.17, 15) is 32.1 Å². The minimum atomic E-state index is -4.75. The Morgan fingerprint density at radius 3 is 2.27 bits per heavy atom. The second-order valence-electron chi connectivity index (χ2n) is 5.74. The molecule has 30 heavy (non-hydrogen) atoms. The van der Waals surface area contributed by atoms with Crippen molar-refractivity contribution in [3.8, 4) is 0 Å². The smallest absolute Gasteiger partial charge is 0.334 e. The number of halogens is 6. The lowest BCUT2D eigenvalue weighted by molar-refractivity contribution is -0.383. The van der Waals surface area contributed by atoms with Crippen LogP contribution in [0.5, 0.6) is 0 Å². The van der Waals surface area contributed by atoms with Crippen molar-refractivity contribution in [1.82, 2.24) is 9.97 Å². The van der Waals surface area contributed by atoms with E-state index in [0.29, 0.717) is 12.1 Å². The molecule has 0 amide bonds. The molecule has 2 N–H and O–H groups in total. The average molecular weight is 446 g/mol. The van der Waals surface area contributed by atoms with Gasteiger partial charge in [-0.25, -0.2) is 18.7 Å². The summed E-state index contributed by atoms with van der Waals surface area (Å²) < 4.78 is 66.0. The fourth-order valence-electron chi connectivity index (χ4n) is 2.41. The average Bonchev–Trinajstić information content (AvgIpc) is 2.64. The highest BCUT2D eigenvalue weighted by Crippen LogP contribution is 2.38. The summed E-state index contributed by atoms with van der Waals surface area (Å²) in [5.41, 5.74) is -2.43. The maximum Gasteiger partial charge on any atom is 0.417 e. The van der Waals surface area contributed by atoms with E-state index in [1.165, 1.54) is 0 Å². The molecule has 0 unspecified atom stereocenters. The number of benzene rings is 2. The highest BCUT2D eigenvalue weighted by molar-refractivity contribution is 6.31. The molecule has 0 radical (unpaired) electrons. The monoisotopic (exact) mass is 445 g/mol. The number of hydrogen-bond acceptors (Lipinski definition) is 6. The molecular weight excluding hydrogens is 437 g/mol. The van der Waals surface area contributed by atoms with Crippen molar-refractivity contribution in [1.29, 1.82) is 0 Å². The highest BCUT2D eigenvalue weighted by Gasteiger charge is 2.33. The molecule has 0 saturated heterocycles. The van der Waals surface area contributed by atoms with Crippen LogP contribution < -0.4 is 10.6 Å². The number of nitro groups is 1. The van der Waals surface area contributed by atoms with Gasteiger partial charge in [0.2, 0.25) is 11.6 Å². The van der Waals surface area contributed by atoms with Crippen molar-refractivity contribution in [2.24, 2.45) is 0 Å². The number of rotatable bonds is 5. The van der Waals surface area contributed by atoms with Crippen molar-refractivity contribution in [3.05, 3.63) is 75.1 Å². The van der Waals surface area contributed by atoms with Gasteiger partial charge in [-0.3, -0.25) is 10.1 Å². The Morgan fingerprint density at radius 1 is 1.00 bits per heavy atom. The number of alkyl halides is 3. The summed E-state index contributed by atoms with van der Waals surface area (Å²) in [5.74, 6) is -2.82. The van der Waals surface area contributed by atoms with Crippen molar-refractivity contribution >= 4 is 40.3 Å². The fourth-order valence-corrected chi connectivity index (χ4v) is 2.63. The molecule has 0 aliphatic carbocycles. The highest BCUT2D eigenvalue weighted by atomic mass is 35.5. The number of aromatic nitrogens is 2. The molecule has 3 aromatic rings. The first-order valence-electron chi connectivity index (χ1n) is 7.91. The van der Waals surface area contributed by atoms with Crippen LogP contribution in [0.15, 0.2) is 42.7 Å². The summed E-state index contributed by atoms with van der Waals surface area (Å²) in [6, 6.07) is 5.26. The summed E-state index contributed by atoms with van der Waals surface area (Å²) in [4.78, 5) is 18.0. The molecule has 0 spiro atoms. The maximum absolute atomic E-state index is 13.9. The van der Waals surface area contributed by atoms with Crippen molar-refractivity contribution in [3.63, 3.8) is 0 Å². The van der Waals surface area contributed by atoms with Crippen LogP contribution in [0.3, 0.4) is 0 Å². The largest absolute Gasteiger partial charge is 0.417 e. The molecule has 2 aromatic carbocycles. The predicted molar refractivity (Wildman–Crippen MR) is 98.1 cm³/mol. The summed E-state index contributed by atoms with van der Waals surface area (Å²) in [6.45, 7) is 0. The third-order valence-electron chi connectivity index (χ3n) is 3.72. The third-order valence-corrected chi connectivity index (χ3v) is 4.05. The quantitative estimate of drug-likeness (QED) is 0.292. The second kappa shape index (κ2) is 8.06. The van der Waals surface area contributed by atoms with E-state index < -0.39 is 50.6 Å². The molecule has 1 aromatic heterocycles. The number of hydrogen-bond donors (Lipinski definition) is 2. The molecule has 13 heteroatoms. The summed E-state index contributed by atoms with van der Waals surface area (Å²) in [5, 5.41) is 15.7. The lowest BCUT2D eigenvalue weighted by Gasteiger charge is -2.13. The first-order valence-corrected chi connectivity index (χ1v) is 8.29. The van der Waals surface area contributed by atoms with Gasteiger partial charge in [0.25, 0.3) is 0 Å². The van der Waals surface area contributed by atoms with Gasteiger partial charge in [0, 0.05) is 11.8 Å². The zero-order chi connectivity index (χ0) is 22.1. The normalized spacial score (nSPS) is 11.3. The van der Waals surface area contributed by atoms with Crippen molar-refractivity contribution in [2.75, 3.05) is 10.6 Å². The molecule has 3 rings (SSSR count). The van der Waals surface area contributed by atoms with Gasteiger partial charge in [0.05, 0.1) is 21.2 Å². The standard InChI is InChI=1S/C17H9ClF5N5O2/c18-11-3-2-9(6-10(11)17(21,22)23)26-15-14(28(29)30)16(25-7-24-15)27-13-4-1-8(19)5-12(13)20/h1-7H,(H2,24,25,26,27). The van der Waals surface area contributed by atoms with E-state index >= 15 is 0 Å². The predicted octanol–water partition coefficient (Wildman–Crippen LogP) is 5.82. The van der Waals surface area contributed by atoms with Crippen LogP contribution >= 0.6 is 11.6 Å².